The predicted molar refractivity (Wildman–Crippen MR) is 100 cm³/mol. The van der Waals surface area contributed by atoms with Crippen molar-refractivity contribution in [2.75, 3.05) is 0 Å². The minimum absolute atomic E-state index is 0. The third-order valence-electron chi connectivity index (χ3n) is 4.85. The van der Waals surface area contributed by atoms with Crippen molar-refractivity contribution in [3.63, 3.8) is 0 Å². The van der Waals surface area contributed by atoms with Crippen LogP contribution in [0.2, 0.25) is 0 Å². The average molecular weight is 400 g/mol. The molecule has 0 nitrogen and oxygen atoms in total. The van der Waals surface area contributed by atoms with Gasteiger partial charge < -0.3 is 0 Å². The Balaban J connectivity index is 0.00000156. The molecule has 0 spiro atoms. The van der Waals surface area contributed by atoms with Crippen LogP contribution in [0, 0.1) is 0 Å². The first-order valence-corrected chi connectivity index (χ1v) is 12.0. The Morgan fingerprint density at radius 3 is 1.61 bits per heavy atom. The van der Waals surface area contributed by atoms with Gasteiger partial charge in [-0.15, -0.1) is 12.4 Å². The zero-order chi connectivity index (χ0) is 15.1. The standard InChI is InChI=1S/2C9H7.C3H6.ClH.Zr/c2*1-2-5-9-7-3-6-8(9)4-1;1-3-2;;/h2*1-7H;1-2H3;1H;. The van der Waals surface area contributed by atoms with Gasteiger partial charge in [0.15, 0.2) is 0 Å². The molecule has 2 aliphatic rings. The average Bonchev–Trinajstić information content (AvgIpc) is 3.13. The fourth-order valence-electron chi connectivity index (χ4n) is 3.86. The number of allylic oxidation sites excluding steroid dienone is 2. The maximum Gasteiger partial charge on any atom is -0.147 e. The largest absolute Gasteiger partial charge is 0.147 e. The van der Waals surface area contributed by atoms with E-state index in [0.29, 0.717) is 7.25 Å². The first-order chi connectivity index (χ1) is 10.8. The van der Waals surface area contributed by atoms with Crippen LogP contribution in [0.5, 0.6) is 0 Å². The first-order valence-electron chi connectivity index (χ1n) is 7.97. The first kappa shape index (κ1) is 16.8. The van der Waals surface area contributed by atoms with Crippen LogP contribution in [0.15, 0.2) is 60.7 Å². The summed E-state index contributed by atoms with van der Waals surface area (Å²) in [5.41, 5.74) is 6.00. The quantitative estimate of drug-likeness (QED) is 0.600. The smallest absolute Gasteiger partial charge is 0.147 e. The molecule has 0 aromatic heterocycles. The van der Waals surface area contributed by atoms with Gasteiger partial charge in [-0.2, -0.15) is 0 Å². The van der Waals surface area contributed by atoms with Gasteiger partial charge in [-0.25, -0.2) is 0 Å². The van der Waals surface area contributed by atoms with Crippen molar-refractivity contribution in [2.45, 2.75) is 21.1 Å². The minimum atomic E-state index is -1.84. The maximum absolute atomic E-state index is 2.49. The van der Waals surface area contributed by atoms with Crippen LogP contribution in [0.4, 0.5) is 0 Å². The third kappa shape index (κ3) is 2.90. The molecule has 0 aliphatic heterocycles. The SMILES string of the molecule is C[C](C)=[Zr]([CH]1C=Cc2ccccc21)[CH]1C=Cc2ccccc21.Cl. The van der Waals surface area contributed by atoms with E-state index in [-0.39, 0.29) is 12.4 Å². The summed E-state index contributed by atoms with van der Waals surface area (Å²) in [5, 5.41) is 0. The van der Waals surface area contributed by atoms with Crippen molar-refractivity contribution in [1.29, 1.82) is 0 Å². The van der Waals surface area contributed by atoms with Crippen molar-refractivity contribution in [1.82, 2.24) is 0 Å². The molecule has 0 radical (unpaired) electrons. The van der Waals surface area contributed by atoms with Crippen molar-refractivity contribution in [2.24, 2.45) is 0 Å². The zero-order valence-corrected chi connectivity index (χ0v) is 16.8. The van der Waals surface area contributed by atoms with E-state index < -0.39 is 21.3 Å². The number of benzene rings is 2. The predicted octanol–water partition coefficient (Wildman–Crippen LogP) is 5.77. The van der Waals surface area contributed by atoms with E-state index in [2.05, 4.69) is 86.7 Å². The number of rotatable bonds is 2. The molecule has 0 bridgehead atoms. The summed E-state index contributed by atoms with van der Waals surface area (Å²) < 4.78 is 3.08. The molecule has 2 aromatic rings. The van der Waals surface area contributed by atoms with Crippen LogP contribution < -0.4 is 0 Å². The molecule has 23 heavy (non-hydrogen) atoms. The molecule has 0 saturated heterocycles. The molecule has 4 rings (SSSR count). The molecule has 2 aromatic carbocycles. The molecule has 2 atom stereocenters. The Bertz CT molecular complexity index is 762. The molecule has 2 aliphatic carbocycles. The van der Waals surface area contributed by atoms with E-state index in [1.807, 2.05) is 0 Å². The van der Waals surface area contributed by atoms with E-state index in [1.165, 1.54) is 11.1 Å². The monoisotopic (exact) mass is 398 g/mol. The molecular weight excluding hydrogens is 379 g/mol. The van der Waals surface area contributed by atoms with Crippen LogP contribution in [0.3, 0.4) is 0 Å². The summed E-state index contributed by atoms with van der Waals surface area (Å²) in [7, 11) is 0. The summed E-state index contributed by atoms with van der Waals surface area (Å²) in [5.74, 6) is 0. The molecular formula is C21H21ClZr. The fraction of sp³-hybridized carbons (Fsp3) is 0.190. The number of halogens is 1. The van der Waals surface area contributed by atoms with Crippen molar-refractivity contribution in [3.8, 4) is 0 Å². The number of hydrogen-bond acceptors (Lipinski definition) is 0. The third-order valence-corrected chi connectivity index (χ3v) is 13.5. The van der Waals surface area contributed by atoms with Gasteiger partial charge in [0.25, 0.3) is 0 Å². The second-order valence-corrected chi connectivity index (χ2v) is 14.1. The maximum atomic E-state index is 2.49. The van der Waals surface area contributed by atoms with Gasteiger partial charge in [0, 0.05) is 0 Å². The van der Waals surface area contributed by atoms with E-state index in [4.69, 9.17) is 0 Å². The summed E-state index contributed by atoms with van der Waals surface area (Å²) in [4.78, 5) is 0. The van der Waals surface area contributed by atoms with Gasteiger partial charge in [0.2, 0.25) is 0 Å². The van der Waals surface area contributed by atoms with Gasteiger partial charge in [-0.3, -0.25) is 0 Å². The van der Waals surface area contributed by atoms with Crippen molar-refractivity contribution >= 4 is 27.8 Å². The Kier molecular flexibility index (Phi) is 4.99. The molecule has 116 valence electrons. The summed E-state index contributed by atoms with van der Waals surface area (Å²) in [6, 6.07) is 17.9. The summed E-state index contributed by atoms with van der Waals surface area (Å²) in [6.07, 6.45) is 9.66. The second kappa shape index (κ2) is 6.83. The topological polar surface area (TPSA) is 0 Å². The van der Waals surface area contributed by atoms with Crippen LogP contribution in [0.1, 0.15) is 43.4 Å². The van der Waals surface area contributed by atoms with Crippen molar-refractivity contribution < 1.29 is 21.3 Å². The van der Waals surface area contributed by atoms with E-state index in [1.54, 1.807) is 14.3 Å². The Morgan fingerprint density at radius 2 is 1.17 bits per heavy atom. The Labute approximate surface area is 152 Å². The van der Waals surface area contributed by atoms with Crippen molar-refractivity contribution in [3.05, 3.63) is 82.9 Å². The van der Waals surface area contributed by atoms with Gasteiger partial charge in [-0.05, 0) is 0 Å². The molecule has 0 heterocycles. The number of hydrogen-bond donors (Lipinski definition) is 0. The van der Waals surface area contributed by atoms with Gasteiger partial charge >= 0.3 is 141 Å². The molecule has 2 unspecified atom stereocenters. The van der Waals surface area contributed by atoms with Crippen LogP contribution >= 0.6 is 12.4 Å². The summed E-state index contributed by atoms with van der Waals surface area (Å²) >= 11 is -1.84. The Hall–Kier alpha value is -1.04. The van der Waals surface area contributed by atoms with E-state index in [9.17, 15) is 0 Å². The van der Waals surface area contributed by atoms with E-state index >= 15 is 0 Å². The van der Waals surface area contributed by atoms with Crippen LogP contribution in [-0.2, 0) is 21.3 Å². The van der Waals surface area contributed by atoms with Gasteiger partial charge in [0.1, 0.15) is 0 Å². The molecule has 0 amide bonds. The Morgan fingerprint density at radius 1 is 0.739 bits per heavy atom. The second-order valence-electron chi connectivity index (χ2n) is 6.39. The molecule has 0 N–H and O–H groups in total. The summed E-state index contributed by atoms with van der Waals surface area (Å²) in [6.45, 7) is 4.75. The fourth-order valence-corrected chi connectivity index (χ4v) is 12.3. The minimum Gasteiger partial charge on any atom is -0.147 e. The van der Waals surface area contributed by atoms with Gasteiger partial charge in [0.05, 0.1) is 0 Å². The van der Waals surface area contributed by atoms with Gasteiger partial charge in [-0.1, -0.05) is 0 Å². The van der Waals surface area contributed by atoms with Crippen LogP contribution in [-0.4, -0.2) is 3.21 Å². The van der Waals surface area contributed by atoms with E-state index in [0.717, 1.165) is 0 Å². The zero-order valence-electron chi connectivity index (χ0n) is 13.5. The normalized spacial score (nSPS) is 19.9. The number of fused-ring (bicyclic) bond motifs is 2. The van der Waals surface area contributed by atoms with Crippen LogP contribution in [0.25, 0.3) is 12.2 Å². The molecule has 0 saturated carbocycles. The molecule has 0 fully saturated rings. The molecule has 2 heteroatoms.